The van der Waals surface area contributed by atoms with E-state index in [2.05, 4.69) is 91.5 Å². The van der Waals surface area contributed by atoms with Crippen LogP contribution in [0, 0.1) is 0 Å². The Kier molecular flexibility index (Phi) is 5.63. The Morgan fingerprint density at radius 3 is 2.45 bits per heavy atom. The van der Waals surface area contributed by atoms with Gasteiger partial charge < -0.3 is 19.3 Å². The molecular formula is C29H32N2O2. The van der Waals surface area contributed by atoms with Crippen molar-refractivity contribution in [2.45, 2.75) is 24.5 Å². The van der Waals surface area contributed by atoms with Gasteiger partial charge in [0.15, 0.2) is 5.72 Å². The lowest BCUT2D eigenvalue weighted by Gasteiger charge is -2.42. The predicted molar refractivity (Wildman–Crippen MR) is 136 cm³/mol. The molecule has 170 valence electrons. The second kappa shape index (κ2) is 8.60. The van der Waals surface area contributed by atoms with Crippen LogP contribution in [0.3, 0.4) is 0 Å². The van der Waals surface area contributed by atoms with Crippen molar-refractivity contribution < 1.29 is 9.47 Å². The minimum absolute atomic E-state index is 0.241. The first-order valence-corrected chi connectivity index (χ1v) is 11.7. The smallest absolute Gasteiger partial charge is 0.170 e. The molecule has 0 N–H and O–H groups in total. The molecule has 2 aliphatic heterocycles. The van der Waals surface area contributed by atoms with E-state index in [9.17, 15) is 0 Å². The molecule has 1 saturated heterocycles. The number of anilines is 2. The lowest BCUT2D eigenvalue weighted by Crippen LogP contribution is -2.53. The quantitative estimate of drug-likeness (QED) is 0.468. The molecule has 3 aromatic rings. The van der Waals surface area contributed by atoms with Gasteiger partial charge in [0.2, 0.25) is 0 Å². The molecule has 0 bridgehead atoms. The minimum Gasteiger partial charge on any atom is -0.494 e. The van der Waals surface area contributed by atoms with Crippen molar-refractivity contribution in [1.29, 1.82) is 0 Å². The molecule has 2 heterocycles. The van der Waals surface area contributed by atoms with Crippen molar-refractivity contribution in [2.75, 3.05) is 43.7 Å². The second-order valence-electron chi connectivity index (χ2n) is 9.28. The standard InChI is InChI=1S/C29H32N2O2/c1-28(19-21-32-25-9-5-4-6-10-25)26-11-7-8-12-27(26)31-20-22-33-29(28,31)18-17-23-13-15-24(16-14-23)30(2)3/h4-18H,19-22H2,1-3H3. The van der Waals surface area contributed by atoms with Gasteiger partial charge in [-0.25, -0.2) is 0 Å². The number of para-hydroxylation sites is 2. The SMILES string of the molecule is CN(C)c1ccc(C=CC23OCCN2c2ccccc2C3(C)CCOc2ccccc2)cc1. The molecule has 0 aliphatic carbocycles. The van der Waals surface area contributed by atoms with Crippen LogP contribution < -0.4 is 14.5 Å². The van der Waals surface area contributed by atoms with E-state index in [1.165, 1.54) is 22.5 Å². The highest BCUT2D eigenvalue weighted by Crippen LogP contribution is 2.56. The lowest BCUT2D eigenvalue weighted by molar-refractivity contribution is -0.0141. The summed E-state index contributed by atoms with van der Waals surface area (Å²) in [7, 11) is 4.12. The molecule has 3 aromatic carbocycles. The summed E-state index contributed by atoms with van der Waals surface area (Å²) in [5.41, 5.74) is 4.19. The molecule has 2 aliphatic rings. The summed E-state index contributed by atoms with van der Waals surface area (Å²) in [5, 5.41) is 0. The van der Waals surface area contributed by atoms with Gasteiger partial charge in [0.1, 0.15) is 5.75 Å². The third kappa shape index (κ3) is 3.68. The molecule has 2 unspecified atom stereocenters. The lowest BCUT2D eigenvalue weighted by atomic mass is 9.73. The fraction of sp³-hybridized carbons (Fsp3) is 0.310. The van der Waals surface area contributed by atoms with Gasteiger partial charge in [0.25, 0.3) is 0 Å². The Morgan fingerprint density at radius 2 is 1.70 bits per heavy atom. The van der Waals surface area contributed by atoms with Crippen LogP contribution in [-0.2, 0) is 10.2 Å². The van der Waals surface area contributed by atoms with Gasteiger partial charge in [-0.1, -0.05) is 61.5 Å². The Bertz CT molecular complexity index is 1130. The Hall–Kier alpha value is -3.24. The van der Waals surface area contributed by atoms with E-state index in [1.807, 2.05) is 30.3 Å². The van der Waals surface area contributed by atoms with Gasteiger partial charge in [-0.05, 0) is 54.0 Å². The molecular weight excluding hydrogens is 408 g/mol. The number of nitrogens with zero attached hydrogens (tertiary/aromatic N) is 2. The highest BCUT2D eigenvalue weighted by molar-refractivity contribution is 5.70. The molecule has 1 fully saturated rings. The van der Waals surface area contributed by atoms with E-state index in [0.29, 0.717) is 13.2 Å². The predicted octanol–water partition coefficient (Wildman–Crippen LogP) is 5.74. The zero-order valence-corrected chi connectivity index (χ0v) is 19.7. The second-order valence-corrected chi connectivity index (χ2v) is 9.28. The Morgan fingerprint density at radius 1 is 0.970 bits per heavy atom. The monoisotopic (exact) mass is 440 g/mol. The van der Waals surface area contributed by atoms with E-state index in [0.717, 1.165) is 18.7 Å². The summed E-state index contributed by atoms with van der Waals surface area (Å²) < 4.78 is 12.8. The van der Waals surface area contributed by atoms with E-state index in [4.69, 9.17) is 9.47 Å². The van der Waals surface area contributed by atoms with Crippen molar-refractivity contribution >= 4 is 17.5 Å². The average Bonchev–Trinajstić information content (AvgIpc) is 3.36. The van der Waals surface area contributed by atoms with Crippen molar-refractivity contribution in [3.8, 4) is 5.75 Å². The zero-order valence-electron chi connectivity index (χ0n) is 19.7. The fourth-order valence-electron chi connectivity index (χ4n) is 5.28. The number of benzene rings is 3. The maximum absolute atomic E-state index is 6.62. The summed E-state index contributed by atoms with van der Waals surface area (Å²) in [4.78, 5) is 4.56. The van der Waals surface area contributed by atoms with E-state index in [-0.39, 0.29) is 5.41 Å². The maximum atomic E-state index is 6.62. The third-order valence-corrected chi connectivity index (χ3v) is 7.14. The molecule has 4 heteroatoms. The molecule has 4 nitrogen and oxygen atoms in total. The van der Waals surface area contributed by atoms with Gasteiger partial charge >= 0.3 is 0 Å². The van der Waals surface area contributed by atoms with Crippen LogP contribution in [-0.4, -0.2) is 39.6 Å². The summed E-state index contributed by atoms with van der Waals surface area (Å²) in [6, 6.07) is 27.4. The first kappa shape index (κ1) is 21.6. The highest BCUT2D eigenvalue weighted by atomic mass is 16.5. The van der Waals surface area contributed by atoms with Crippen LogP contribution >= 0.6 is 0 Å². The molecule has 5 rings (SSSR count). The first-order chi connectivity index (χ1) is 16.0. The van der Waals surface area contributed by atoms with Crippen molar-refractivity contribution in [1.82, 2.24) is 0 Å². The van der Waals surface area contributed by atoms with Crippen LogP contribution in [0.2, 0.25) is 0 Å². The molecule has 0 aromatic heterocycles. The van der Waals surface area contributed by atoms with Gasteiger partial charge in [-0.3, -0.25) is 0 Å². The van der Waals surface area contributed by atoms with Crippen LogP contribution in [0.15, 0.2) is 84.9 Å². The zero-order chi connectivity index (χ0) is 22.9. The summed E-state index contributed by atoms with van der Waals surface area (Å²) >= 11 is 0. The molecule has 0 radical (unpaired) electrons. The number of rotatable bonds is 7. The van der Waals surface area contributed by atoms with E-state index >= 15 is 0 Å². The van der Waals surface area contributed by atoms with Crippen LogP contribution in [0.5, 0.6) is 5.75 Å². The van der Waals surface area contributed by atoms with Crippen LogP contribution in [0.25, 0.3) is 6.08 Å². The number of hydrogen-bond donors (Lipinski definition) is 0. The van der Waals surface area contributed by atoms with Crippen LogP contribution in [0.1, 0.15) is 24.5 Å². The fourth-order valence-corrected chi connectivity index (χ4v) is 5.28. The largest absolute Gasteiger partial charge is 0.494 e. The average molecular weight is 441 g/mol. The number of ether oxygens (including phenoxy) is 2. The van der Waals surface area contributed by atoms with Crippen LogP contribution in [0.4, 0.5) is 11.4 Å². The minimum atomic E-state index is -0.531. The van der Waals surface area contributed by atoms with E-state index in [1.54, 1.807) is 0 Å². The normalized spacial score (nSPS) is 23.5. The molecule has 0 amide bonds. The summed E-state index contributed by atoms with van der Waals surface area (Å²) in [5.74, 6) is 0.905. The molecule has 2 atom stereocenters. The number of fused-ring (bicyclic) bond motifs is 3. The topological polar surface area (TPSA) is 24.9 Å². The highest BCUT2D eigenvalue weighted by Gasteiger charge is 2.61. The maximum Gasteiger partial charge on any atom is 0.170 e. The van der Waals surface area contributed by atoms with Gasteiger partial charge in [-0.2, -0.15) is 0 Å². The van der Waals surface area contributed by atoms with Crippen molar-refractivity contribution in [2.24, 2.45) is 0 Å². The molecule has 0 saturated carbocycles. The van der Waals surface area contributed by atoms with Gasteiger partial charge in [0, 0.05) is 37.4 Å². The van der Waals surface area contributed by atoms with E-state index < -0.39 is 5.72 Å². The Labute approximate surface area is 197 Å². The van der Waals surface area contributed by atoms with Gasteiger partial charge in [-0.15, -0.1) is 0 Å². The number of hydrogen-bond acceptors (Lipinski definition) is 4. The molecule has 33 heavy (non-hydrogen) atoms. The first-order valence-electron chi connectivity index (χ1n) is 11.7. The Balaban J connectivity index is 1.47. The summed E-state index contributed by atoms with van der Waals surface area (Å²) in [6.07, 6.45) is 5.33. The van der Waals surface area contributed by atoms with Crippen molar-refractivity contribution in [3.05, 3.63) is 96.1 Å². The van der Waals surface area contributed by atoms with Crippen molar-refractivity contribution in [3.63, 3.8) is 0 Å². The van der Waals surface area contributed by atoms with Gasteiger partial charge in [0.05, 0.1) is 13.2 Å². The summed E-state index contributed by atoms with van der Waals surface area (Å²) in [6.45, 7) is 4.55. The molecule has 0 spiro atoms. The third-order valence-electron chi connectivity index (χ3n) is 7.14.